The van der Waals surface area contributed by atoms with Gasteiger partial charge in [-0.3, -0.25) is 9.78 Å². The van der Waals surface area contributed by atoms with E-state index in [0.717, 1.165) is 36.1 Å². The number of benzene rings is 3. The van der Waals surface area contributed by atoms with Gasteiger partial charge < -0.3 is 15.7 Å². The molecule has 0 saturated heterocycles. The summed E-state index contributed by atoms with van der Waals surface area (Å²) < 4.78 is 1.42. The fourth-order valence-electron chi connectivity index (χ4n) is 4.73. The Kier molecular flexibility index (Phi) is 6.69. The Morgan fingerprint density at radius 3 is 2.50 bits per heavy atom. The van der Waals surface area contributed by atoms with E-state index in [-0.39, 0.29) is 23.4 Å². The number of nitrogens with zero attached hydrogens (tertiary/aromatic N) is 4. The highest BCUT2D eigenvalue weighted by atomic mass is 16.3. The standard InChI is InChI=1S/C31H28N6O3/c1-19-9-11-20(12-10-19)17-33-31(40)37-28(21-5-4-6-21)16-26(36-37)23-14-13-22(15-29(23)38)34-30(39)27-18-32-24-7-2-3-8-25(24)35-27/h2-3,7-16,18,21,38H,4-6,17H2,1H3,(H,33,40)(H,34,39). The quantitative estimate of drug-likeness (QED) is 0.255. The van der Waals surface area contributed by atoms with Crippen molar-refractivity contribution in [3.05, 3.63) is 102 Å². The molecule has 0 bridgehead atoms. The molecular formula is C31H28N6O3. The summed E-state index contributed by atoms with van der Waals surface area (Å²) in [5.74, 6) is -0.255. The van der Waals surface area contributed by atoms with Crippen molar-refractivity contribution in [3.63, 3.8) is 0 Å². The Hall–Kier alpha value is -5.05. The second-order valence-corrected chi connectivity index (χ2v) is 10.1. The van der Waals surface area contributed by atoms with Gasteiger partial charge in [0, 0.05) is 29.8 Å². The number of hydrogen-bond acceptors (Lipinski definition) is 6. The molecule has 9 nitrogen and oxygen atoms in total. The maximum absolute atomic E-state index is 13.1. The maximum Gasteiger partial charge on any atom is 0.342 e. The van der Waals surface area contributed by atoms with Crippen LogP contribution < -0.4 is 10.6 Å². The fourth-order valence-corrected chi connectivity index (χ4v) is 4.73. The van der Waals surface area contributed by atoms with E-state index in [9.17, 15) is 14.7 Å². The smallest absolute Gasteiger partial charge is 0.342 e. The van der Waals surface area contributed by atoms with Gasteiger partial charge in [-0.25, -0.2) is 9.78 Å². The molecule has 0 atom stereocenters. The van der Waals surface area contributed by atoms with Gasteiger partial charge >= 0.3 is 6.03 Å². The first-order valence-corrected chi connectivity index (χ1v) is 13.2. The molecule has 0 radical (unpaired) electrons. The van der Waals surface area contributed by atoms with E-state index < -0.39 is 5.91 Å². The Morgan fingerprint density at radius 2 is 1.77 bits per heavy atom. The van der Waals surface area contributed by atoms with Crippen molar-refractivity contribution in [2.24, 2.45) is 0 Å². The van der Waals surface area contributed by atoms with E-state index in [1.807, 2.05) is 55.5 Å². The lowest BCUT2D eigenvalue weighted by molar-refractivity contribution is 0.102. The van der Waals surface area contributed by atoms with Gasteiger partial charge in [0.1, 0.15) is 11.4 Å². The summed E-state index contributed by atoms with van der Waals surface area (Å²) in [6, 6.07) is 21.7. The molecule has 3 aromatic carbocycles. The molecule has 40 heavy (non-hydrogen) atoms. The molecule has 0 spiro atoms. The number of phenols is 1. The van der Waals surface area contributed by atoms with Crippen molar-refractivity contribution in [2.75, 3.05) is 5.32 Å². The van der Waals surface area contributed by atoms with Crippen molar-refractivity contribution < 1.29 is 14.7 Å². The molecule has 1 aliphatic carbocycles. The van der Waals surface area contributed by atoms with E-state index >= 15 is 0 Å². The van der Waals surface area contributed by atoms with Crippen LogP contribution in [0.3, 0.4) is 0 Å². The lowest BCUT2D eigenvalue weighted by Crippen LogP contribution is -2.31. The molecule has 0 unspecified atom stereocenters. The summed E-state index contributed by atoms with van der Waals surface area (Å²) in [6.07, 6.45) is 4.51. The largest absolute Gasteiger partial charge is 0.507 e. The summed E-state index contributed by atoms with van der Waals surface area (Å²) in [4.78, 5) is 34.6. The minimum Gasteiger partial charge on any atom is -0.507 e. The van der Waals surface area contributed by atoms with E-state index in [1.54, 1.807) is 18.2 Å². The van der Waals surface area contributed by atoms with E-state index in [4.69, 9.17) is 0 Å². The van der Waals surface area contributed by atoms with Gasteiger partial charge in [0.25, 0.3) is 5.91 Å². The first kappa shape index (κ1) is 25.2. The number of rotatable bonds is 6. The SMILES string of the molecule is Cc1ccc(CNC(=O)n2nc(-c3ccc(NC(=O)c4cnc5ccccc5n4)cc3O)cc2C2CCC2)cc1. The normalized spacial score (nSPS) is 13.1. The second-order valence-electron chi connectivity index (χ2n) is 10.1. The number of hydrogen-bond donors (Lipinski definition) is 3. The second kappa shape index (κ2) is 10.6. The van der Waals surface area contributed by atoms with Gasteiger partial charge in [-0.1, -0.05) is 48.4 Å². The molecule has 2 aromatic heterocycles. The molecule has 0 aliphatic heterocycles. The molecule has 5 aromatic rings. The Bertz CT molecular complexity index is 1720. The van der Waals surface area contributed by atoms with Crippen molar-refractivity contribution in [1.82, 2.24) is 25.1 Å². The van der Waals surface area contributed by atoms with Crippen LogP contribution in [0.25, 0.3) is 22.3 Å². The molecule has 9 heteroatoms. The van der Waals surface area contributed by atoms with Crippen LogP contribution >= 0.6 is 0 Å². The van der Waals surface area contributed by atoms with Crippen LogP contribution in [0.1, 0.15) is 52.5 Å². The van der Waals surface area contributed by atoms with Gasteiger partial charge in [0.15, 0.2) is 0 Å². The summed E-state index contributed by atoms with van der Waals surface area (Å²) in [5, 5.41) is 21.2. The Morgan fingerprint density at radius 1 is 1.00 bits per heavy atom. The molecule has 200 valence electrons. The summed E-state index contributed by atoms with van der Waals surface area (Å²) in [6.45, 7) is 2.41. The summed E-state index contributed by atoms with van der Waals surface area (Å²) >= 11 is 0. The lowest BCUT2D eigenvalue weighted by Gasteiger charge is -2.25. The number of fused-ring (bicyclic) bond motifs is 1. The van der Waals surface area contributed by atoms with Gasteiger partial charge in [-0.2, -0.15) is 9.78 Å². The van der Waals surface area contributed by atoms with Crippen LogP contribution in [0.5, 0.6) is 5.75 Å². The third-order valence-corrected chi connectivity index (χ3v) is 7.23. The van der Waals surface area contributed by atoms with Crippen LogP contribution in [0.4, 0.5) is 10.5 Å². The summed E-state index contributed by atoms with van der Waals surface area (Å²) in [5.41, 5.74) is 5.83. The van der Waals surface area contributed by atoms with Gasteiger partial charge in [0.05, 0.1) is 28.6 Å². The average Bonchev–Trinajstić information content (AvgIpc) is 3.35. The number of carbonyl (C=O) groups is 2. The van der Waals surface area contributed by atoms with Crippen LogP contribution in [-0.4, -0.2) is 36.8 Å². The number of para-hydroxylation sites is 2. The molecule has 1 fully saturated rings. The zero-order chi connectivity index (χ0) is 27.6. The predicted octanol–water partition coefficient (Wildman–Crippen LogP) is 5.79. The average molecular weight is 533 g/mol. The number of phenolic OH excluding ortho intramolecular Hbond substituents is 1. The van der Waals surface area contributed by atoms with Gasteiger partial charge in [-0.05, 0) is 55.7 Å². The Balaban J connectivity index is 1.21. The molecule has 1 aliphatic rings. The van der Waals surface area contributed by atoms with Crippen LogP contribution in [0, 0.1) is 6.92 Å². The molecule has 6 rings (SSSR count). The topological polar surface area (TPSA) is 122 Å². The monoisotopic (exact) mass is 532 g/mol. The minimum atomic E-state index is -0.438. The number of aromatic nitrogens is 4. The molecule has 1 saturated carbocycles. The fraction of sp³-hybridized carbons (Fsp3) is 0.194. The van der Waals surface area contributed by atoms with Crippen molar-refractivity contribution >= 4 is 28.7 Å². The predicted molar refractivity (Wildman–Crippen MR) is 152 cm³/mol. The molecule has 2 amide bonds. The van der Waals surface area contributed by atoms with Crippen molar-refractivity contribution in [3.8, 4) is 17.0 Å². The number of aromatic hydroxyl groups is 1. The highest BCUT2D eigenvalue weighted by Gasteiger charge is 2.27. The maximum atomic E-state index is 13.1. The number of carbonyl (C=O) groups excluding carboxylic acids is 2. The number of nitrogens with one attached hydrogen (secondary N) is 2. The number of aryl methyl sites for hydroxylation is 1. The minimum absolute atomic E-state index is 0.0627. The van der Waals surface area contributed by atoms with Crippen molar-refractivity contribution in [1.29, 1.82) is 0 Å². The highest BCUT2D eigenvalue weighted by molar-refractivity contribution is 6.03. The zero-order valence-corrected chi connectivity index (χ0v) is 22.0. The third kappa shape index (κ3) is 5.13. The molecule has 3 N–H and O–H groups in total. The van der Waals surface area contributed by atoms with E-state index in [2.05, 4.69) is 25.7 Å². The van der Waals surface area contributed by atoms with E-state index in [0.29, 0.717) is 34.5 Å². The number of anilines is 1. The zero-order valence-electron chi connectivity index (χ0n) is 22.0. The van der Waals surface area contributed by atoms with Crippen LogP contribution in [0.2, 0.25) is 0 Å². The van der Waals surface area contributed by atoms with Crippen LogP contribution in [0.15, 0.2) is 79.0 Å². The van der Waals surface area contributed by atoms with Crippen molar-refractivity contribution in [2.45, 2.75) is 38.6 Å². The number of amides is 2. The molecule has 2 heterocycles. The first-order valence-electron chi connectivity index (χ1n) is 13.2. The summed E-state index contributed by atoms with van der Waals surface area (Å²) in [7, 11) is 0. The third-order valence-electron chi connectivity index (χ3n) is 7.23. The van der Waals surface area contributed by atoms with Crippen LogP contribution in [-0.2, 0) is 6.54 Å². The highest BCUT2D eigenvalue weighted by Crippen LogP contribution is 2.39. The Labute approximate surface area is 230 Å². The van der Waals surface area contributed by atoms with Gasteiger partial charge in [0.2, 0.25) is 0 Å². The first-order chi connectivity index (χ1) is 19.4. The van der Waals surface area contributed by atoms with E-state index in [1.165, 1.54) is 16.9 Å². The molecular weight excluding hydrogens is 504 g/mol. The van der Waals surface area contributed by atoms with Gasteiger partial charge in [-0.15, -0.1) is 0 Å². The lowest BCUT2D eigenvalue weighted by atomic mass is 9.82.